The Labute approximate surface area is 154 Å². The van der Waals surface area contributed by atoms with Crippen molar-refractivity contribution in [1.29, 1.82) is 0 Å². The van der Waals surface area contributed by atoms with Gasteiger partial charge in [-0.2, -0.15) is 5.10 Å². The lowest BCUT2D eigenvalue weighted by Crippen LogP contribution is -2.16. The Kier molecular flexibility index (Phi) is 3.97. The van der Waals surface area contributed by atoms with Gasteiger partial charge < -0.3 is 10.3 Å². The number of amides is 1. The molecule has 6 nitrogen and oxygen atoms in total. The molecule has 0 spiro atoms. The van der Waals surface area contributed by atoms with E-state index < -0.39 is 5.91 Å². The van der Waals surface area contributed by atoms with Gasteiger partial charge in [0.25, 0.3) is 5.91 Å². The summed E-state index contributed by atoms with van der Waals surface area (Å²) in [7, 11) is 0. The van der Waals surface area contributed by atoms with Crippen molar-refractivity contribution >= 4 is 28.4 Å². The average molecular weight is 366 g/mol. The third-order valence-corrected chi connectivity index (χ3v) is 4.64. The van der Waals surface area contributed by atoms with Crippen LogP contribution in [0.3, 0.4) is 0 Å². The van der Waals surface area contributed by atoms with Gasteiger partial charge in [-0.25, -0.2) is 0 Å². The molecule has 0 aliphatic carbocycles. The highest BCUT2D eigenvalue weighted by Gasteiger charge is 2.18. The zero-order valence-corrected chi connectivity index (χ0v) is 14.8. The number of benzene rings is 1. The number of carbonyl (C=O) groups is 1. The van der Waals surface area contributed by atoms with Gasteiger partial charge in [-0.1, -0.05) is 24.6 Å². The van der Waals surface area contributed by atoms with Gasteiger partial charge in [0.2, 0.25) is 0 Å². The SMILES string of the molecule is CCc1ccc(Cl)cc1-n1cc(-c2nccc3[nH]ncc23)cc1C(N)=O. The number of rotatable bonds is 4. The molecule has 0 saturated heterocycles. The lowest BCUT2D eigenvalue weighted by molar-refractivity contribution is 0.0994. The number of aryl methyl sites for hydroxylation is 1. The molecule has 0 radical (unpaired) electrons. The number of nitrogens with zero attached hydrogens (tertiary/aromatic N) is 3. The minimum Gasteiger partial charge on any atom is -0.364 e. The van der Waals surface area contributed by atoms with Gasteiger partial charge in [0.05, 0.1) is 23.1 Å². The van der Waals surface area contributed by atoms with Crippen molar-refractivity contribution in [3.8, 4) is 16.9 Å². The molecule has 130 valence electrons. The molecule has 0 saturated carbocycles. The number of nitrogens with one attached hydrogen (secondary N) is 1. The van der Waals surface area contributed by atoms with Crippen LogP contribution in [0, 0.1) is 0 Å². The Morgan fingerprint density at radius 2 is 2.15 bits per heavy atom. The molecular weight excluding hydrogens is 350 g/mol. The highest BCUT2D eigenvalue weighted by molar-refractivity contribution is 6.30. The maximum Gasteiger partial charge on any atom is 0.265 e. The van der Waals surface area contributed by atoms with Crippen LogP contribution in [0.2, 0.25) is 5.02 Å². The Bertz CT molecular complexity index is 1130. The number of hydrogen-bond donors (Lipinski definition) is 2. The van der Waals surface area contributed by atoms with Crippen molar-refractivity contribution in [1.82, 2.24) is 19.7 Å². The van der Waals surface area contributed by atoms with Crippen LogP contribution >= 0.6 is 11.6 Å². The van der Waals surface area contributed by atoms with Crippen molar-refractivity contribution < 1.29 is 4.79 Å². The second-order valence-corrected chi connectivity index (χ2v) is 6.40. The summed E-state index contributed by atoms with van der Waals surface area (Å²) in [4.78, 5) is 16.5. The van der Waals surface area contributed by atoms with Gasteiger partial charge in [0, 0.05) is 28.4 Å². The molecular formula is C19H16ClN5O. The van der Waals surface area contributed by atoms with Gasteiger partial charge in [-0.15, -0.1) is 0 Å². The summed E-state index contributed by atoms with van der Waals surface area (Å²) in [6.07, 6.45) is 6.08. The molecule has 1 amide bonds. The largest absolute Gasteiger partial charge is 0.364 e. The minimum atomic E-state index is -0.516. The fourth-order valence-corrected chi connectivity index (χ4v) is 3.31. The molecule has 0 atom stereocenters. The van der Waals surface area contributed by atoms with E-state index in [-0.39, 0.29) is 0 Å². The van der Waals surface area contributed by atoms with Gasteiger partial charge in [-0.3, -0.25) is 14.9 Å². The lowest BCUT2D eigenvalue weighted by atomic mass is 10.1. The molecule has 26 heavy (non-hydrogen) atoms. The van der Waals surface area contributed by atoms with Crippen molar-refractivity contribution in [3.05, 3.63) is 65.2 Å². The highest BCUT2D eigenvalue weighted by Crippen LogP contribution is 2.30. The standard InChI is InChI=1S/C19H16ClN5O/c1-2-11-3-4-13(20)8-16(11)25-10-12(7-17(25)19(21)26)18-14-9-23-24-15(14)5-6-22-18/h3-10H,2H2,1H3,(H2,21,26)(H,23,24). The zero-order chi connectivity index (χ0) is 18.3. The van der Waals surface area contributed by atoms with Crippen LogP contribution in [0.4, 0.5) is 0 Å². The second-order valence-electron chi connectivity index (χ2n) is 5.97. The molecule has 4 rings (SSSR count). The minimum absolute atomic E-state index is 0.374. The predicted octanol–water partition coefficient (Wildman–Crippen LogP) is 3.73. The molecule has 3 heterocycles. The number of H-pyrrole nitrogens is 1. The molecule has 0 aliphatic heterocycles. The van der Waals surface area contributed by atoms with E-state index in [9.17, 15) is 4.79 Å². The van der Waals surface area contributed by atoms with Crippen LogP contribution in [0.1, 0.15) is 23.0 Å². The molecule has 1 aromatic carbocycles. The number of halogens is 1. The van der Waals surface area contributed by atoms with E-state index >= 15 is 0 Å². The Hall–Kier alpha value is -3.12. The average Bonchev–Trinajstić information content (AvgIpc) is 3.28. The summed E-state index contributed by atoms with van der Waals surface area (Å²) in [6.45, 7) is 2.05. The predicted molar refractivity (Wildman–Crippen MR) is 102 cm³/mol. The molecule has 3 aromatic heterocycles. The smallest absolute Gasteiger partial charge is 0.265 e. The van der Waals surface area contributed by atoms with Gasteiger partial charge in [-0.05, 0) is 36.2 Å². The first-order chi connectivity index (χ1) is 12.6. The van der Waals surface area contributed by atoms with Crippen LogP contribution in [-0.4, -0.2) is 25.7 Å². The molecule has 0 aliphatic rings. The first-order valence-corrected chi connectivity index (χ1v) is 8.55. The molecule has 3 N–H and O–H groups in total. The monoisotopic (exact) mass is 365 g/mol. The Morgan fingerprint density at radius 1 is 1.31 bits per heavy atom. The molecule has 0 fully saturated rings. The third kappa shape index (κ3) is 2.64. The van der Waals surface area contributed by atoms with Crippen LogP contribution in [0.5, 0.6) is 0 Å². The maximum absolute atomic E-state index is 12.1. The van der Waals surface area contributed by atoms with E-state index in [4.69, 9.17) is 17.3 Å². The zero-order valence-electron chi connectivity index (χ0n) is 14.0. The third-order valence-electron chi connectivity index (χ3n) is 4.40. The number of primary amides is 1. The van der Waals surface area contributed by atoms with Crippen LogP contribution in [0.25, 0.3) is 27.8 Å². The van der Waals surface area contributed by atoms with Crippen LogP contribution in [-0.2, 0) is 6.42 Å². The summed E-state index contributed by atoms with van der Waals surface area (Å²) in [6, 6.07) is 9.23. The quantitative estimate of drug-likeness (QED) is 0.577. The summed E-state index contributed by atoms with van der Waals surface area (Å²) in [5.41, 5.74) is 10.3. The lowest BCUT2D eigenvalue weighted by Gasteiger charge is -2.12. The van der Waals surface area contributed by atoms with Crippen molar-refractivity contribution in [2.75, 3.05) is 0 Å². The number of hydrogen-bond acceptors (Lipinski definition) is 3. The number of nitrogens with two attached hydrogens (primary N) is 1. The van der Waals surface area contributed by atoms with E-state index in [2.05, 4.69) is 22.1 Å². The molecule has 0 bridgehead atoms. The Morgan fingerprint density at radius 3 is 2.92 bits per heavy atom. The number of fused-ring (bicyclic) bond motifs is 1. The van der Waals surface area contributed by atoms with Crippen LogP contribution < -0.4 is 5.73 Å². The van der Waals surface area contributed by atoms with Crippen molar-refractivity contribution in [3.63, 3.8) is 0 Å². The van der Waals surface area contributed by atoms with E-state index in [0.29, 0.717) is 10.7 Å². The summed E-state index contributed by atoms with van der Waals surface area (Å²) >= 11 is 6.19. The van der Waals surface area contributed by atoms with Crippen molar-refractivity contribution in [2.45, 2.75) is 13.3 Å². The molecule has 7 heteroatoms. The summed E-state index contributed by atoms with van der Waals surface area (Å²) < 4.78 is 1.78. The summed E-state index contributed by atoms with van der Waals surface area (Å²) in [5, 5.41) is 8.47. The van der Waals surface area contributed by atoms with E-state index in [1.54, 1.807) is 23.0 Å². The van der Waals surface area contributed by atoms with Gasteiger partial charge in [0.1, 0.15) is 5.69 Å². The van der Waals surface area contributed by atoms with Gasteiger partial charge in [0.15, 0.2) is 0 Å². The first kappa shape index (κ1) is 16.4. The van der Waals surface area contributed by atoms with E-state index in [1.165, 1.54) is 0 Å². The Balaban J connectivity index is 1.97. The highest BCUT2D eigenvalue weighted by atomic mass is 35.5. The summed E-state index contributed by atoms with van der Waals surface area (Å²) in [5.74, 6) is -0.516. The fourth-order valence-electron chi connectivity index (χ4n) is 3.14. The van der Waals surface area contributed by atoms with Crippen LogP contribution in [0.15, 0.2) is 48.9 Å². The molecule has 4 aromatic rings. The number of aromatic nitrogens is 4. The first-order valence-electron chi connectivity index (χ1n) is 8.18. The number of carbonyl (C=O) groups excluding carboxylic acids is 1. The van der Waals surface area contributed by atoms with E-state index in [0.717, 1.165) is 39.8 Å². The maximum atomic E-state index is 12.1. The number of aromatic amines is 1. The van der Waals surface area contributed by atoms with Crippen molar-refractivity contribution in [2.24, 2.45) is 5.73 Å². The van der Waals surface area contributed by atoms with E-state index in [1.807, 2.05) is 30.5 Å². The topological polar surface area (TPSA) is 89.6 Å². The molecule has 0 unspecified atom stereocenters. The van der Waals surface area contributed by atoms with Gasteiger partial charge >= 0.3 is 0 Å². The second kappa shape index (κ2) is 6.31. The number of pyridine rings is 1. The normalized spacial score (nSPS) is 11.2. The fraction of sp³-hybridized carbons (Fsp3) is 0.105.